The number of hydrogen-bond donors (Lipinski definition) is 2. The Labute approximate surface area is 115 Å². The van der Waals surface area contributed by atoms with E-state index in [0.717, 1.165) is 16.3 Å². The average Bonchev–Trinajstić information content (AvgIpc) is 2.74. The van der Waals surface area contributed by atoms with Gasteiger partial charge in [0.05, 0.1) is 10.7 Å². The molecule has 0 saturated heterocycles. The average molecular weight is 277 g/mol. The van der Waals surface area contributed by atoms with Crippen LogP contribution in [-0.2, 0) is 11.2 Å². The molecule has 2 aromatic rings. The van der Waals surface area contributed by atoms with Gasteiger partial charge < -0.3 is 16.2 Å². The molecule has 1 aromatic heterocycles. The Balaban J connectivity index is 2.20. The first kappa shape index (κ1) is 13.4. The normalized spacial score (nSPS) is 12.1. The number of amides is 1. The number of ether oxygens (including phenoxy) is 1. The van der Waals surface area contributed by atoms with Crippen LogP contribution >= 0.6 is 11.3 Å². The van der Waals surface area contributed by atoms with Crippen LogP contribution in [0, 0.1) is 6.92 Å². The summed E-state index contributed by atoms with van der Waals surface area (Å²) in [4.78, 5) is 15.4. The number of nitrogens with zero attached hydrogens (tertiary/aromatic N) is 1. The molecule has 0 radical (unpaired) electrons. The van der Waals surface area contributed by atoms with E-state index < -0.39 is 12.2 Å². The molecular weight excluding hydrogens is 262 g/mol. The van der Waals surface area contributed by atoms with Crippen molar-refractivity contribution in [2.75, 3.05) is 5.73 Å². The number of anilines is 1. The molecule has 19 heavy (non-hydrogen) atoms. The van der Waals surface area contributed by atoms with Gasteiger partial charge >= 0.3 is 6.09 Å². The van der Waals surface area contributed by atoms with E-state index in [-0.39, 0.29) is 0 Å². The van der Waals surface area contributed by atoms with E-state index in [4.69, 9.17) is 16.2 Å². The minimum atomic E-state index is -0.797. The summed E-state index contributed by atoms with van der Waals surface area (Å²) in [6, 6.07) is 7.17. The van der Waals surface area contributed by atoms with Crippen LogP contribution in [0.15, 0.2) is 29.6 Å². The van der Waals surface area contributed by atoms with Gasteiger partial charge in [0, 0.05) is 17.5 Å². The smallest absolute Gasteiger partial charge is 0.405 e. The monoisotopic (exact) mass is 277 g/mol. The second-order valence-corrected chi connectivity index (χ2v) is 5.22. The summed E-state index contributed by atoms with van der Waals surface area (Å²) in [5, 5.41) is 2.93. The summed E-state index contributed by atoms with van der Waals surface area (Å²) in [5.41, 5.74) is 13.1. The first-order valence-corrected chi connectivity index (χ1v) is 6.65. The maximum Gasteiger partial charge on any atom is 0.405 e. The first-order valence-electron chi connectivity index (χ1n) is 5.77. The zero-order valence-electron chi connectivity index (χ0n) is 10.5. The molecule has 0 saturated carbocycles. The van der Waals surface area contributed by atoms with Crippen molar-refractivity contribution in [1.29, 1.82) is 0 Å². The van der Waals surface area contributed by atoms with Crippen LogP contribution < -0.4 is 11.5 Å². The number of primary amides is 1. The zero-order valence-corrected chi connectivity index (χ0v) is 11.3. The van der Waals surface area contributed by atoms with Gasteiger partial charge in [-0.2, -0.15) is 0 Å². The maximum atomic E-state index is 11.0. The fourth-order valence-corrected chi connectivity index (χ4v) is 2.40. The van der Waals surface area contributed by atoms with E-state index in [1.807, 2.05) is 24.4 Å². The molecule has 0 aliphatic rings. The summed E-state index contributed by atoms with van der Waals surface area (Å²) in [6.45, 7) is 1.93. The Kier molecular flexibility index (Phi) is 4.01. The van der Waals surface area contributed by atoms with E-state index in [1.165, 1.54) is 0 Å². The third-order valence-electron chi connectivity index (χ3n) is 2.63. The Hall–Kier alpha value is -2.08. The lowest BCUT2D eigenvalue weighted by atomic mass is 10.0. The summed E-state index contributed by atoms with van der Waals surface area (Å²) < 4.78 is 5.15. The fourth-order valence-electron chi connectivity index (χ4n) is 1.77. The van der Waals surface area contributed by atoms with Crippen LogP contribution in [0.5, 0.6) is 0 Å². The number of aryl methyl sites for hydroxylation is 1. The Bertz CT molecular complexity index is 566. The van der Waals surface area contributed by atoms with Gasteiger partial charge in [-0.15, -0.1) is 11.3 Å². The predicted octanol–water partition coefficient (Wildman–Crippen LogP) is 2.41. The zero-order chi connectivity index (χ0) is 13.8. The van der Waals surface area contributed by atoms with Gasteiger partial charge in [-0.1, -0.05) is 12.1 Å². The lowest BCUT2D eigenvalue weighted by molar-refractivity contribution is 0.106. The maximum absolute atomic E-state index is 11.0. The molecule has 0 aliphatic heterocycles. The van der Waals surface area contributed by atoms with Crippen molar-refractivity contribution in [1.82, 2.24) is 4.98 Å². The van der Waals surface area contributed by atoms with Crippen LogP contribution in [0.2, 0.25) is 0 Å². The van der Waals surface area contributed by atoms with Crippen molar-refractivity contribution in [3.8, 4) is 0 Å². The number of benzene rings is 1. The second-order valence-electron chi connectivity index (χ2n) is 4.15. The van der Waals surface area contributed by atoms with Crippen LogP contribution in [0.25, 0.3) is 0 Å². The molecule has 0 fully saturated rings. The van der Waals surface area contributed by atoms with Crippen molar-refractivity contribution in [2.24, 2.45) is 5.73 Å². The standard InChI is InChI=1S/C13H15N3O2S/c1-8-16-11(7-19-8)6-12(18-13(15)17)9-2-4-10(14)5-3-9/h2-5,7,12H,6,14H2,1H3,(H2,15,17). The molecule has 5 nitrogen and oxygen atoms in total. The molecule has 4 N–H and O–H groups in total. The van der Waals surface area contributed by atoms with Gasteiger partial charge in [0.25, 0.3) is 0 Å². The number of aromatic nitrogens is 1. The molecule has 6 heteroatoms. The van der Waals surface area contributed by atoms with Crippen LogP contribution in [0.4, 0.5) is 10.5 Å². The molecular formula is C13H15N3O2S. The van der Waals surface area contributed by atoms with Gasteiger partial charge in [0.2, 0.25) is 0 Å². The molecule has 1 amide bonds. The molecule has 1 heterocycles. The number of rotatable bonds is 4. The van der Waals surface area contributed by atoms with E-state index in [9.17, 15) is 4.79 Å². The van der Waals surface area contributed by atoms with Crippen molar-refractivity contribution in [3.05, 3.63) is 45.9 Å². The van der Waals surface area contributed by atoms with E-state index in [0.29, 0.717) is 12.1 Å². The molecule has 0 aliphatic carbocycles. The minimum Gasteiger partial charge on any atom is -0.441 e. The number of nitrogens with two attached hydrogens (primary N) is 2. The highest BCUT2D eigenvalue weighted by Gasteiger charge is 2.17. The highest BCUT2D eigenvalue weighted by Crippen LogP contribution is 2.24. The minimum absolute atomic E-state index is 0.445. The lowest BCUT2D eigenvalue weighted by Gasteiger charge is -2.16. The molecule has 2 rings (SSSR count). The number of hydrogen-bond acceptors (Lipinski definition) is 5. The number of carbonyl (C=O) groups is 1. The van der Waals surface area contributed by atoms with Crippen LogP contribution in [0.1, 0.15) is 22.4 Å². The lowest BCUT2D eigenvalue weighted by Crippen LogP contribution is -2.19. The highest BCUT2D eigenvalue weighted by atomic mass is 32.1. The van der Waals surface area contributed by atoms with E-state index >= 15 is 0 Å². The molecule has 0 bridgehead atoms. The second kappa shape index (κ2) is 5.71. The van der Waals surface area contributed by atoms with Gasteiger partial charge in [-0.05, 0) is 24.6 Å². The van der Waals surface area contributed by atoms with Crippen LogP contribution in [-0.4, -0.2) is 11.1 Å². The number of carbonyl (C=O) groups excluding carboxylic acids is 1. The quantitative estimate of drug-likeness (QED) is 0.839. The molecule has 100 valence electrons. The predicted molar refractivity (Wildman–Crippen MR) is 74.8 cm³/mol. The van der Waals surface area contributed by atoms with Crippen molar-refractivity contribution >= 4 is 23.1 Å². The van der Waals surface area contributed by atoms with Crippen molar-refractivity contribution < 1.29 is 9.53 Å². The van der Waals surface area contributed by atoms with Gasteiger partial charge in [-0.25, -0.2) is 9.78 Å². The molecule has 0 spiro atoms. The Morgan fingerprint density at radius 3 is 2.63 bits per heavy atom. The summed E-state index contributed by atoms with van der Waals surface area (Å²) in [5.74, 6) is 0. The van der Waals surface area contributed by atoms with Gasteiger partial charge in [-0.3, -0.25) is 0 Å². The summed E-state index contributed by atoms with van der Waals surface area (Å²) in [6.07, 6.45) is -0.745. The molecule has 1 unspecified atom stereocenters. The highest BCUT2D eigenvalue weighted by molar-refractivity contribution is 7.09. The Morgan fingerprint density at radius 1 is 1.42 bits per heavy atom. The molecule has 1 aromatic carbocycles. The van der Waals surface area contributed by atoms with Crippen molar-refractivity contribution in [2.45, 2.75) is 19.4 Å². The third-order valence-corrected chi connectivity index (χ3v) is 3.45. The van der Waals surface area contributed by atoms with Crippen LogP contribution in [0.3, 0.4) is 0 Å². The van der Waals surface area contributed by atoms with E-state index in [2.05, 4.69) is 4.98 Å². The van der Waals surface area contributed by atoms with Gasteiger partial charge in [0.1, 0.15) is 6.10 Å². The number of nitrogen functional groups attached to an aromatic ring is 1. The fraction of sp³-hybridized carbons (Fsp3) is 0.231. The Morgan fingerprint density at radius 2 is 2.11 bits per heavy atom. The SMILES string of the molecule is Cc1nc(CC(OC(N)=O)c2ccc(N)cc2)cs1. The topological polar surface area (TPSA) is 91.2 Å². The largest absolute Gasteiger partial charge is 0.441 e. The number of thiazole rings is 1. The summed E-state index contributed by atoms with van der Waals surface area (Å²) >= 11 is 1.56. The van der Waals surface area contributed by atoms with Gasteiger partial charge in [0.15, 0.2) is 0 Å². The molecule has 1 atom stereocenters. The third kappa shape index (κ3) is 3.69. The summed E-state index contributed by atoms with van der Waals surface area (Å²) in [7, 11) is 0. The van der Waals surface area contributed by atoms with E-state index in [1.54, 1.807) is 23.5 Å². The van der Waals surface area contributed by atoms with Crippen molar-refractivity contribution in [3.63, 3.8) is 0 Å². The first-order chi connectivity index (χ1) is 9.04.